The van der Waals surface area contributed by atoms with Crippen LogP contribution in [0.2, 0.25) is 0 Å². The van der Waals surface area contributed by atoms with Crippen LogP contribution in [0, 0.1) is 6.92 Å². The highest BCUT2D eigenvalue weighted by atomic mass is 79.9. The second-order valence-corrected chi connectivity index (χ2v) is 5.52. The van der Waals surface area contributed by atoms with Gasteiger partial charge in [0.15, 0.2) is 0 Å². The third kappa shape index (κ3) is 3.90. The van der Waals surface area contributed by atoms with E-state index in [0.717, 1.165) is 11.0 Å². The normalized spacial score (nSPS) is 12.4. The number of hydrogen-bond donors (Lipinski definition) is 2. The van der Waals surface area contributed by atoms with Crippen molar-refractivity contribution in [3.63, 3.8) is 0 Å². The van der Waals surface area contributed by atoms with E-state index in [9.17, 15) is 0 Å². The molecular formula is C16H19BrN2. The Bertz CT molecular complexity index is 526. The van der Waals surface area contributed by atoms with Crippen molar-refractivity contribution >= 4 is 15.9 Å². The maximum Gasteiger partial charge on any atom is 0.0447 e. The molecule has 0 aliphatic rings. The molecule has 0 bridgehead atoms. The lowest BCUT2D eigenvalue weighted by Crippen LogP contribution is -2.27. The molecule has 0 radical (unpaired) electrons. The van der Waals surface area contributed by atoms with Gasteiger partial charge in [0.25, 0.3) is 0 Å². The fraction of sp³-hybridized carbons (Fsp3) is 0.250. The molecule has 0 spiro atoms. The van der Waals surface area contributed by atoms with Gasteiger partial charge in [0.2, 0.25) is 0 Å². The number of rotatable bonds is 5. The van der Waals surface area contributed by atoms with Crippen molar-refractivity contribution in [2.45, 2.75) is 19.5 Å². The number of hydrogen-bond acceptors (Lipinski definition) is 2. The molecule has 2 aromatic carbocycles. The standard InChI is InChI=1S/C16H19BrN2/c1-12-7-8-14(9-15(12)17)16(10-18)19-11-13-5-3-2-4-6-13/h2-9,16,19H,10-11,18H2,1H3. The fourth-order valence-corrected chi connectivity index (χ4v) is 2.40. The molecule has 100 valence electrons. The molecule has 0 saturated heterocycles. The monoisotopic (exact) mass is 318 g/mol. The van der Waals surface area contributed by atoms with Crippen molar-refractivity contribution in [2.75, 3.05) is 6.54 Å². The van der Waals surface area contributed by atoms with Gasteiger partial charge in [-0.15, -0.1) is 0 Å². The summed E-state index contributed by atoms with van der Waals surface area (Å²) < 4.78 is 1.13. The number of nitrogens with one attached hydrogen (secondary N) is 1. The van der Waals surface area contributed by atoms with E-state index in [-0.39, 0.29) is 6.04 Å². The minimum atomic E-state index is 0.178. The lowest BCUT2D eigenvalue weighted by Gasteiger charge is -2.18. The first-order valence-electron chi connectivity index (χ1n) is 6.44. The molecule has 0 aromatic heterocycles. The van der Waals surface area contributed by atoms with Gasteiger partial charge in [-0.3, -0.25) is 0 Å². The zero-order valence-corrected chi connectivity index (χ0v) is 12.7. The molecule has 1 unspecified atom stereocenters. The van der Waals surface area contributed by atoms with Crippen molar-refractivity contribution in [3.05, 3.63) is 69.7 Å². The van der Waals surface area contributed by atoms with Crippen LogP contribution in [-0.2, 0) is 6.54 Å². The highest BCUT2D eigenvalue weighted by molar-refractivity contribution is 9.10. The van der Waals surface area contributed by atoms with Crippen LogP contribution >= 0.6 is 15.9 Å². The Morgan fingerprint density at radius 2 is 1.89 bits per heavy atom. The Kier molecular flexibility index (Phi) is 5.14. The van der Waals surface area contributed by atoms with E-state index in [2.05, 4.69) is 70.6 Å². The minimum Gasteiger partial charge on any atom is -0.329 e. The van der Waals surface area contributed by atoms with E-state index >= 15 is 0 Å². The number of aryl methyl sites for hydroxylation is 1. The Morgan fingerprint density at radius 3 is 2.53 bits per heavy atom. The van der Waals surface area contributed by atoms with Gasteiger partial charge in [-0.2, -0.15) is 0 Å². The van der Waals surface area contributed by atoms with Crippen LogP contribution in [0.5, 0.6) is 0 Å². The van der Waals surface area contributed by atoms with Gasteiger partial charge in [0.1, 0.15) is 0 Å². The zero-order chi connectivity index (χ0) is 13.7. The topological polar surface area (TPSA) is 38.0 Å². The summed E-state index contributed by atoms with van der Waals surface area (Å²) in [6, 6.07) is 16.9. The van der Waals surface area contributed by atoms with Crippen LogP contribution in [0.3, 0.4) is 0 Å². The molecule has 0 aliphatic carbocycles. The summed E-state index contributed by atoms with van der Waals surface area (Å²) >= 11 is 3.57. The number of halogens is 1. The third-order valence-corrected chi connectivity index (χ3v) is 4.08. The van der Waals surface area contributed by atoms with E-state index in [4.69, 9.17) is 5.73 Å². The largest absolute Gasteiger partial charge is 0.329 e. The van der Waals surface area contributed by atoms with Crippen LogP contribution < -0.4 is 11.1 Å². The van der Waals surface area contributed by atoms with Crippen molar-refractivity contribution < 1.29 is 0 Å². The number of nitrogens with two attached hydrogens (primary N) is 1. The molecule has 3 N–H and O–H groups in total. The molecule has 0 aliphatic heterocycles. The van der Waals surface area contributed by atoms with Crippen molar-refractivity contribution in [3.8, 4) is 0 Å². The van der Waals surface area contributed by atoms with Crippen LogP contribution in [0.1, 0.15) is 22.7 Å². The number of benzene rings is 2. The summed E-state index contributed by atoms with van der Waals surface area (Å²) in [4.78, 5) is 0. The molecule has 0 amide bonds. The first-order valence-corrected chi connectivity index (χ1v) is 7.23. The Labute approximate surface area is 123 Å². The van der Waals surface area contributed by atoms with E-state index < -0.39 is 0 Å². The molecule has 2 aromatic rings. The van der Waals surface area contributed by atoms with Crippen LogP contribution in [0.15, 0.2) is 53.0 Å². The molecule has 2 rings (SSSR count). The van der Waals surface area contributed by atoms with Gasteiger partial charge in [-0.25, -0.2) is 0 Å². The smallest absolute Gasteiger partial charge is 0.0447 e. The predicted molar refractivity (Wildman–Crippen MR) is 84.0 cm³/mol. The first-order chi connectivity index (χ1) is 9.20. The lowest BCUT2D eigenvalue weighted by molar-refractivity contribution is 0.541. The van der Waals surface area contributed by atoms with E-state index in [1.807, 2.05) is 6.07 Å². The molecule has 1 atom stereocenters. The van der Waals surface area contributed by atoms with E-state index in [1.165, 1.54) is 16.7 Å². The van der Waals surface area contributed by atoms with Gasteiger partial charge in [-0.05, 0) is 29.7 Å². The van der Waals surface area contributed by atoms with Gasteiger partial charge in [0.05, 0.1) is 0 Å². The molecular weight excluding hydrogens is 300 g/mol. The Hall–Kier alpha value is -1.16. The molecule has 0 heterocycles. The van der Waals surface area contributed by atoms with Crippen LogP contribution in [-0.4, -0.2) is 6.54 Å². The van der Waals surface area contributed by atoms with Gasteiger partial charge < -0.3 is 11.1 Å². The van der Waals surface area contributed by atoms with Gasteiger partial charge >= 0.3 is 0 Å². The molecule has 3 heteroatoms. The quantitative estimate of drug-likeness (QED) is 0.884. The van der Waals surface area contributed by atoms with E-state index in [1.54, 1.807) is 0 Å². The highest BCUT2D eigenvalue weighted by Gasteiger charge is 2.10. The average Bonchev–Trinajstić information content (AvgIpc) is 2.44. The summed E-state index contributed by atoms with van der Waals surface area (Å²) in [6.45, 7) is 3.50. The summed E-state index contributed by atoms with van der Waals surface area (Å²) in [7, 11) is 0. The molecule has 0 fully saturated rings. The second-order valence-electron chi connectivity index (χ2n) is 4.66. The maximum absolute atomic E-state index is 5.88. The Balaban J connectivity index is 2.05. The summed E-state index contributed by atoms with van der Waals surface area (Å²) in [6.07, 6.45) is 0. The summed E-state index contributed by atoms with van der Waals surface area (Å²) in [5.41, 5.74) is 9.61. The van der Waals surface area contributed by atoms with Gasteiger partial charge in [-0.1, -0.05) is 58.4 Å². The molecule has 0 saturated carbocycles. The predicted octanol–water partition coefficient (Wildman–Crippen LogP) is 3.55. The summed E-state index contributed by atoms with van der Waals surface area (Å²) in [5, 5.41) is 3.50. The molecule has 19 heavy (non-hydrogen) atoms. The maximum atomic E-state index is 5.88. The Morgan fingerprint density at radius 1 is 1.16 bits per heavy atom. The zero-order valence-electron chi connectivity index (χ0n) is 11.1. The minimum absolute atomic E-state index is 0.178. The SMILES string of the molecule is Cc1ccc(C(CN)NCc2ccccc2)cc1Br. The van der Waals surface area contributed by atoms with Crippen LogP contribution in [0.25, 0.3) is 0 Å². The lowest BCUT2D eigenvalue weighted by atomic mass is 10.0. The first kappa shape index (κ1) is 14.3. The van der Waals surface area contributed by atoms with Crippen molar-refractivity contribution in [1.29, 1.82) is 0 Å². The fourth-order valence-electron chi connectivity index (χ4n) is 2.00. The van der Waals surface area contributed by atoms with Crippen molar-refractivity contribution in [2.24, 2.45) is 5.73 Å². The second kappa shape index (κ2) is 6.85. The molecule has 2 nitrogen and oxygen atoms in total. The third-order valence-electron chi connectivity index (χ3n) is 3.23. The van der Waals surface area contributed by atoms with Crippen molar-refractivity contribution in [1.82, 2.24) is 5.32 Å². The van der Waals surface area contributed by atoms with Crippen LogP contribution in [0.4, 0.5) is 0 Å². The highest BCUT2D eigenvalue weighted by Crippen LogP contribution is 2.21. The summed E-state index contributed by atoms with van der Waals surface area (Å²) in [5.74, 6) is 0. The van der Waals surface area contributed by atoms with E-state index in [0.29, 0.717) is 6.54 Å². The average molecular weight is 319 g/mol. The van der Waals surface area contributed by atoms with Gasteiger partial charge in [0, 0.05) is 23.6 Å².